The third-order valence-electron chi connectivity index (χ3n) is 3.97. The van der Waals surface area contributed by atoms with Crippen LogP contribution < -0.4 is 0 Å². The molecule has 1 heterocycles. The zero-order chi connectivity index (χ0) is 18.6. The largest absolute Gasteiger partial charge is 0.478 e. The Morgan fingerprint density at radius 1 is 1.08 bits per heavy atom. The molecule has 1 N–H and O–H groups in total. The summed E-state index contributed by atoms with van der Waals surface area (Å²) in [6.45, 7) is 8.42. The molecule has 0 saturated carbocycles. The lowest BCUT2D eigenvalue weighted by Crippen LogP contribution is -2.00. The van der Waals surface area contributed by atoms with Crippen LogP contribution in [0.4, 0.5) is 0 Å². The molecule has 0 aliphatic heterocycles. The number of allylic oxidation sites excluding steroid dienone is 1. The molecule has 4 heteroatoms. The number of ketones is 1. The topological polar surface area (TPSA) is 67.5 Å². The quantitative estimate of drug-likeness (QED) is 0.716. The summed E-state index contributed by atoms with van der Waals surface area (Å²) in [6.07, 6.45) is 3.44. The molecule has 0 unspecified atom stereocenters. The van der Waals surface area contributed by atoms with E-state index in [1.54, 1.807) is 18.2 Å². The fourth-order valence-corrected chi connectivity index (χ4v) is 2.62. The van der Waals surface area contributed by atoms with E-state index in [0.717, 1.165) is 11.3 Å². The molecule has 0 radical (unpaired) electrons. The summed E-state index contributed by atoms with van der Waals surface area (Å²) in [6, 6.07) is 8.33. The van der Waals surface area contributed by atoms with Crippen LogP contribution in [0.15, 0.2) is 40.8 Å². The Morgan fingerprint density at radius 2 is 1.72 bits per heavy atom. The molecule has 4 nitrogen and oxygen atoms in total. The van der Waals surface area contributed by atoms with Gasteiger partial charge in [0.1, 0.15) is 11.5 Å². The van der Waals surface area contributed by atoms with E-state index in [1.165, 1.54) is 23.8 Å². The van der Waals surface area contributed by atoms with Gasteiger partial charge in [0.25, 0.3) is 0 Å². The van der Waals surface area contributed by atoms with Crippen LogP contribution in [-0.2, 0) is 11.2 Å². The van der Waals surface area contributed by atoms with Crippen LogP contribution in [0, 0.1) is 0 Å². The molecule has 25 heavy (non-hydrogen) atoms. The summed E-state index contributed by atoms with van der Waals surface area (Å²) in [5.41, 5.74) is 2.17. The normalized spacial score (nSPS) is 11.6. The molecule has 132 valence electrons. The number of hydrogen-bond acceptors (Lipinski definition) is 3. The molecule has 0 aliphatic rings. The van der Waals surface area contributed by atoms with Crippen LogP contribution >= 0.6 is 0 Å². The number of carbonyl (C=O) groups is 2. The van der Waals surface area contributed by atoms with Gasteiger partial charge < -0.3 is 9.52 Å². The number of benzene rings is 1. The molecule has 2 aromatic rings. The van der Waals surface area contributed by atoms with Crippen molar-refractivity contribution in [2.45, 2.75) is 46.0 Å². The van der Waals surface area contributed by atoms with Crippen LogP contribution in [0.25, 0.3) is 6.08 Å². The zero-order valence-corrected chi connectivity index (χ0v) is 15.1. The van der Waals surface area contributed by atoms with Crippen LogP contribution in [0.3, 0.4) is 0 Å². The Kier molecular flexibility index (Phi) is 5.97. The van der Waals surface area contributed by atoms with E-state index in [9.17, 15) is 9.59 Å². The minimum absolute atomic E-state index is 0.0586. The highest BCUT2D eigenvalue weighted by Gasteiger charge is 2.15. The second kappa shape index (κ2) is 7.97. The third-order valence-corrected chi connectivity index (χ3v) is 3.97. The van der Waals surface area contributed by atoms with Crippen LogP contribution in [0.5, 0.6) is 0 Å². The van der Waals surface area contributed by atoms with Crippen molar-refractivity contribution in [1.82, 2.24) is 0 Å². The Balaban J connectivity index is 2.07. The fraction of sp³-hybridized carbons (Fsp3) is 0.333. The first-order valence-corrected chi connectivity index (χ1v) is 8.44. The minimum atomic E-state index is -0.975. The highest BCUT2D eigenvalue weighted by molar-refractivity contribution is 5.95. The highest BCUT2D eigenvalue weighted by Crippen LogP contribution is 2.30. The predicted octanol–water partition coefficient (Wildman–Crippen LogP) is 5.05. The van der Waals surface area contributed by atoms with Crippen molar-refractivity contribution in [1.29, 1.82) is 0 Å². The SMILES string of the molecule is CC(C)c1cc(/C=C/C(=O)Cc2ccc(C(=O)O)cc2)oc1C(C)C. The zero-order valence-electron chi connectivity index (χ0n) is 15.1. The van der Waals surface area contributed by atoms with E-state index in [0.29, 0.717) is 17.6 Å². The van der Waals surface area contributed by atoms with Crippen LogP contribution in [0.2, 0.25) is 0 Å². The average molecular weight is 340 g/mol. The summed E-state index contributed by atoms with van der Waals surface area (Å²) < 4.78 is 5.88. The Labute approximate surface area is 148 Å². The molecule has 1 aromatic heterocycles. The molecule has 1 aromatic carbocycles. The molecular weight excluding hydrogens is 316 g/mol. The maximum absolute atomic E-state index is 12.1. The third kappa shape index (κ3) is 4.92. The van der Waals surface area contributed by atoms with E-state index in [2.05, 4.69) is 27.7 Å². The number of carboxylic acids is 1. The molecule has 0 aliphatic carbocycles. The van der Waals surface area contributed by atoms with Gasteiger partial charge in [-0.3, -0.25) is 4.79 Å². The van der Waals surface area contributed by atoms with Gasteiger partial charge in [-0.1, -0.05) is 39.8 Å². The first kappa shape index (κ1) is 18.7. The number of hydrogen-bond donors (Lipinski definition) is 1. The second-order valence-electron chi connectivity index (χ2n) is 6.76. The lowest BCUT2D eigenvalue weighted by molar-refractivity contribution is -0.113. The predicted molar refractivity (Wildman–Crippen MR) is 98.0 cm³/mol. The number of aromatic carboxylic acids is 1. The smallest absolute Gasteiger partial charge is 0.335 e. The van der Waals surface area contributed by atoms with Gasteiger partial charge in [-0.15, -0.1) is 0 Å². The first-order valence-electron chi connectivity index (χ1n) is 8.44. The molecular formula is C21H24O4. The number of rotatable bonds is 7. The standard InChI is InChI=1S/C21H24O4/c1-13(2)19-12-18(25-20(19)14(3)4)10-9-17(22)11-15-5-7-16(8-6-15)21(23)24/h5-10,12-14H,11H2,1-4H3,(H,23,24)/b10-9+. The van der Waals surface area contributed by atoms with E-state index in [4.69, 9.17) is 9.52 Å². The van der Waals surface area contributed by atoms with Gasteiger partial charge in [0.2, 0.25) is 0 Å². The van der Waals surface area contributed by atoms with Gasteiger partial charge >= 0.3 is 5.97 Å². The van der Waals surface area contributed by atoms with Crippen molar-refractivity contribution < 1.29 is 19.1 Å². The van der Waals surface area contributed by atoms with E-state index >= 15 is 0 Å². The Morgan fingerprint density at radius 3 is 2.20 bits per heavy atom. The maximum atomic E-state index is 12.1. The molecule has 2 rings (SSSR count). The molecule has 0 amide bonds. The van der Waals surface area contributed by atoms with Gasteiger partial charge in [0.15, 0.2) is 5.78 Å². The highest BCUT2D eigenvalue weighted by atomic mass is 16.4. The molecule has 0 atom stereocenters. The van der Waals surface area contributed by atoms with Crippen LogP contribution in [-0.4, -0.2) is 16.9 Å². The molecule has 0 spiro atoms. The van der Waals surface area contributed by atoms with Crippen LogP contribution in [0.1, 0.15) is 72.5 Å². The average Bonchev–Trinajstić information content (AvgIpc) is 2.98. The summed E-state index contributed by atoms with van der Waals surface area (Å²) in [4.78, 5) is 22.9. The van der Waals surface area contributed by atoms with Gasteiger partial charge in [0.05, 0.1) is 5.56 Å². The summed E-state index contributed by atoms with van der Waals surface area (Å²) in [5, 5.41) is 8.88. The van der Waals surface area contributed by atoms with E-state index in [1.807, 2.05) is 6.07 Å². The van der Waals surface area contributed by atoms with Gasteiger partial charge in [0, 0.05) is 12.3 Å². The van der Waals surface area contributed by atoms with Gasteiger partial charge in [-0.2, -0.15) is 0 Å². The van der Waals surface area contributed by atoms with Crippen molar-refractivity contribution in [3.8, 4) is 0 Å². The van der Waals surface area contributed by atoms with Gasteiger partial charge in [-0.25, -0.2) is 4.79 Å². The molecule has 0 bridgehead atoms. The maximum Gasteiger partial charge on any atom is 0.335 e. The summed E-state index contributed by atoms with van der Waals surface area (Å²) in [7, 11) is 0. The molecule has 0 fully saturated rings. The minimum Gasteiger partial charge on any atom is -0.478 e. The lowest BCUT2D eigenvalue weighted by Gasteiger charge is -2.07. The fourth-order valence-electron chi connectivity index (χ4n) is 2.62. The number of furan rings is 1. The van der Waals surface area contributed by atoms with Crippen molar-refractivity contribution >= 4 is 17.8 Å². The second-order valence-corrected chi connectivity index (χ2v) is 6.76. The van der Waals surface area contributed by atoms with Crippen molar-refractivity contribution in [2.75, 3.05) is 0 Å². The first-order chi connectivity index (χ1) is 11.8. The van der Waals surface area contributed by atoms with Gasteiger partial charge in [-0.05, 0) is 47.4 Å². The summed E-state index contributed by atoms with van der Waals surface area (Å²) in [5.74, 6) is 1.28. The Hall–Kier alpha value is -2.62. The number of carbonyl (C=O) groups excluding carboxylic acids is 1. The van der Waals surface area contributed by atoms with Crippen molar-refractivity contribution in [3.05, 3.63) is 64.6 Å². The number of carboxylic acid groups (broad SMARTS) is 1. The van der Waals surface area contributed by atoms with E-state index in [-0.39, 0.29) is 17.8 Å². The van der Waals surface area contributed by atoms with Crippen molar-refractivity contribution in [2.24, 2.45) is 0 Å². The monoisotopic (exact) mass is 340 g/mol. The Bertz CT molecular complexity index is 751. The molecule has 0 saturated heterocycles. The summed E-state index contributed by atoms with van der Waals surface area (Å²) >= 11 is 0. The van der Waals surface area contributed by atoms with Crippen molar-refractivity contribution in [3.63, 3.8) is 0 Å². The lowest BCUT2D eigenvalue weighted by atomic mass is 9.98. The van der Waals surface area contributed by atoms with E-state index < -0.39 is 5.97 Å².